The minimum absolute atomic E-state index is 0.477. The van der Waals surface area contributed by atoms with E-state index in [2.05, 4.69) is 5.92 Å². The molecular weight excluding hydrogens is 232 g/mol. The van der Waals surface area contributed by atoms with E-state index >= 15 is 0 Å². The summed E-state index contributed by atoms with van der Waals surface area (Å²) in [5.41, 5.74) is 0. The van der Waals surface area contributed by atoms with Gasteiger partial charge in [0.2, 0.25) is 0 Å². The summed E-state index contributed by atoms with van der Waals surface area (Å²) in [6.07, 6.45) is 9.37. The van der Waals surface area contributed by atoms with Crippen LogP contribution in [0.5, 0.6) is 0 Å². The minimum Gasteiger partial charge on any atom is -0.348 e. The molecule has 2 saturated heterocycles. The van der Waals surface area contributed by atoms with Crippen LogP contribution < -0.4 is 0 Å². The van der Waals surface area contributed by atoms with Gasteiger partial charge in [-0.1, -0.05) is 0 Å². The number of rotatable bonds is 6. The molecule has 2 aliphatic rings. The fraction of sp³-hybridized carbons (Fsp3) is 0.857. The zero-order valence-electron chi connectivity index (χ0n) is 11.1. The van der Waals surface area contributed by atoms with Crippen LogP contribution in [0.25, 0.3) is 0 Å². The number of ether oxygens (including phenoxy) is 4. The normalized spacial score (nSPS) is 25.1. The molecule has 0 spiro atoms. The lowest BCUT2D eigenvalue weighted by molar-refractivity contribution is -0.200. The third-order valence-corrected chi connectivity index (χ3v) is 3.55. The van der Waals surface area contributed by atoms with E-state index in [1.807, 2.05) is 6.92 Å². The van der Waals surface area contributed by atoms with E-state index in [-0.39, 0.29) is 0 Å². The summed E-state index contributed by atoms with van der Waals surface area (Å²) in [5, 5.41) is 0. The van der Waals surface area contributed by atoms with Crippen molar-refractivity contribution in [1.82, 2.24) is 0 Å². The second-order valence-electron chi connectivity index (χ2n) is 5.00. The topological polar surface area (TPSA) is 36.9 Å². The quantitative estimate of drug-likeness (QED) is 0.537. The van der Waals surface area contributed by atoms with E-state index in [4.69, 9.17) is 25.4 Å². The van der Waals surface area contributed by atoms with Gasteiger partial charge in [0.05, 0.1) is 26.4 Å². The molecule has 0 radical (unpaired) electrons. The van der Waals surface area contributed by atoms with Gasteiger partial charge in [0.15, 0.2) is 11.6 Å². The molecule has 0 unspecified atom stereocenters. The van der Waals surface area contributed by atoms with Crippen molar-refractivity contribution in [2.24, 2.45) is 0 Å². The molecule has 0 aromatic heterocycles. The molecule has 0 aliphatic carbocycles. The fourth-order valence-corrected chi connectivity index (χ4v) is 2.49. The number of hydrogen-bond acceptors (Lipinski definition) is 4. The SMILES string of the molecule is C#CCCCC1(CCC2(C)OCCO2)OCCO1. The number of hydrogen-bond donors (Lipinski definition) is 0. The number of terminal acetylenes is 1. The van der Waals surface area contributed by atoms with Gasteiger partial charge in [0, 0.05) is 25.7 Å². The third-order valence-electron chi connectivity index (χ3n) is 3.55. The van der Waals surface area contributed by atoms with Crippen LogP contribution in [-0.4, -0.2) is 38.0 Å². The predicted octanol–water partition coefficient (Wildman–Crippen LogP) is 2.08. The van der Waals surface area contributed by atoms with Gasteiger partial charge in [0.1, 0.15) is 0 Å². The van der Waals surface area contributed by atoms with Crippen molar-refractivity contribution in [2.75, 3.05) is 26.4 Å². The van der Waals surface area contributed by atoms with Gasteiger partial charge in [-0.15, -0.1) is 12.3 Å². The average Bonchev–Trinajstić information content (AvgIpc) is 2.98. The number of unbranched alkanes of at least 4 members (excludes halogenated alkanes) is 1. The van der Waals surface area contributed by atoms with Crippen LogP contribution in [0.1, 0.15) is 39.0 Å². The molecule has 0 saturated carbocycles. The van der Waals surface area contributed by atoms with E-state index in [1.165, 1.54) is 0 Å². The van der Waals surface area contributed by atoms with Gasteiger partial charge in [0.25, 0.3) is 0 Å². The maximum Gasteiger partial charge on any atom is 0.168 e. The summed E-state index contributed by atoms with van der Waals surface area (Å²) >= 11 is 0. The smallest absolute Gasteiger partial charge is 0.168 e. The van der Waals surface area contributed by atoms with Crippen molar-refractivity contribution in [1.29, 1.82) is 0 Å². The molecule has 102 valence electrons. The molecular formula is C14H22O4. The van der Waals surface area contributed by atoms with Crippen molar-refractivity contribution in [3.8, 4) is 12.3 Å². The monoisotopic (exact) mass is 254 g/mol. The Hall–Kier alpha value is -0.600. The summed E-state index contributed by atoms with van der Waals surface area (Å²) in [5.74, 6) is 1.70. The minimum atomic E-state index is -0.478. The molecule has 2 heterocycles. The van der Waals surface area contributed by atoms with Crippen LogP contribution in [0, 0.1) is 12.3 Å². The standard InChI is InChI=1S/C14H22O4/c1-3-4-5-6-14(17-11-12-18-14)8-7-13(2)15-9-10-16-13/h1H,4-12H2,2H3. The highest BCUT2D eigenvalue weighted by Gasteiger charge is 2.40. The lowest BCUT2D eigenvalue weighted by Crippen LogP contribution is -2.35. The Morgan fingerprint density at radius 1 is 0.944 bits per heavy atom. The Labute approximate surface area is 109 Å². The Bertz CT molecular complexity index is 295. The van der Waals surface area contributed by atoms with Crippen LogP contribution in [0.2, 0.25) is 0 Å². The zero-order chi connectivity index (χ0) is 12.9. The van der Waals surface area contributed by atoms with Crippen LogP contribution in [0.3, 0.4) is 0 Å². The maximum absolute atomic E-state index is 5.79. The van der Waals surface area contributed by atoms with Gasteiger partial charge >= 0.3 is 0 Å². The Morgan fingerprint density at radius 3 is 2.17 bits per heavy atom. The first-order chi connectivity index (χ1) is 8.68. The molecule has 4 nitrogen and oxygen atoms in total. The van der Waals surface area contributed by atoms with E-state index < -0.39 is 11.6 Å². The summed E-state index contributed by atoms with van der Waals surface area (Å²) in [4.78, 5) is 0. The average molecular weight is 254 g/mol. The van der Waals surface area contributed by atoms with Gasteiger partial charge in [-0.25, -0.2) is 0 Å². The first-order valence-electron chi connectivity index (χ1n) is 6.67. The first-order valence-corrected chi connectivity index (χ1v) is 6.67. The largest absolute Gasteiger partial charge is 0.348 e. The van der Waals surface area contributed by atoms with Gasteiger partial charge in [-0.05, 0) is 13.3 Å². The highest BCUT2D eigenvalue weighted by molar-refractivity contribution is 4.86. The second kappa shape index (κ2) is 6.03. The van der Waals surface area contributed by atoms with E-state index in [0.29, 0.717) is 26.4 Å². The summed E-state index contributed by atoms with van der Waals surface area (Å²) in [7, 11) is 0. The zero-order valence-corrected chi connectivity index (χ0v) is 11.1. The molecule has 0 N–H and O–H groups in total. The van der Waals surface area contributed by atoms with Gasteiger partial charge < -0.3 is 18.9 Å². The predicted molar refractivity (Wildman–Crippen MR) is 66.9 cm³/mol. The molecule has 0 bridgehead atoms. The van der Waals surface area contributed by atoms with E-state index in [0.717, 1.165) is 32.1 Å². The van der Waals surface area contributed by atoms with E-state index in [9.17, 15) is 0 Å². The molecule has 0 amide bonds. The van der Waals surface area contributed by atoms with Crippen molar-refractivity contribution in [3.05, 3.63) is 0 Å². The van der Waals surface area contributed by atoms with Crippen LogP contribution >= 0.6 is 0 Å². The van der Waals surface area contributed by atoms with Crippen molar-refractivity contribution >= 4 is 0 Å². The molecule has 2 rings (SSSR count). The Kier molecular flexibility index (Phi) is 4.63. The first kappa shape index (κ1) is 13.8. The summed E-state index contributed by atoms with van der Waals surface area (Å²) in [6, 6.07) is 0. The summed E-state index contributed by atoms with van der Waals surface area (Å²) < 4.78 is 22.8. The highest BCUT2D eigenvalue weighted by Crippen LogP contribution is 2.35. The molecule has 0 aromatic carbocycles. The van der Waals surface area contributed by atoms with E-state index in [1.54, 1.807) is 0 Å². The lowest BCUT2D eigenvalue weighted by atomic mass is 10.00. The van der Waals surface area contributed by atoms with Gasteiger partial charge in [-0.3, -0.25) is 0 Å². The van der Waals surface area contributed by atoms with Crippen molar-refractivity contribution in [3.63, 3.8) is 0 Å². The highest BCUT2D eigenvalue weighted by atomic mass is 16.7. The maximum atomic E-state index is 5.79. The molecule has 2 fully saturated rings. The van der Waals surface area contributed by atoms with Crippen LogP contribution in [0.4, 0.5) is 0 Å². The van der Waals surface area contributed by atoms with Crippen LogP contribution in [-0.2, 0) is 18.9 Å². The third kappa shape index (κ3) is 3.46. The van der Waals surface area contributed by atoms with Crippen molar-refractivity contribution < 1.29 is 18.9 Å². The molecule has 2 aliphatic heterocycles. The fourth-order valence-electron chi connectivity index (χ4n) is 2.49. The second-order valence-corrected chi connectivity index (χ2v) is 5.00. The summed E-state index contributed by atoms with van der Waals surface area (Å²) in [6.45, 7) is 4.64. The molecule has 4 heteroatoms. The molecule has 0 aromatic rings. The molecule has 0 atom stereocenters. The Morgan fingerprint density at radius 2 is 1.56 bits per heavy atom. The molecule has 18 heavy (non-hydrogen) atoms. The van der Waals surface area contributed by atoms with Crippen molar-refractivity contribution in [2.45, 2.75) is 50.6 Å². The van der Waals surface area contributed by atoms with Gasteiger partial charge in [-0.2, -0.15) is 0 Å². The Balaban J connectivity index is 1.84. The lowest BCUT2D eigenvalue weighted by Gasteiger charge is -2.31. The van der Waals surface area contributed by atoms with Crippen LogP contribution in [0.15, 0.2) is 0 Å².